The van der Waals surface area contributed by atoms with Crippen molar-refractivity contribution in [1.29, 1.82) is 0 Å². The van der Waals surface area contributed by atoms with Crippen molar-refractivity contribution in [1.82, 2.24) is 29.5 Å². The Morgan fingerprint density at radius 3 is 2.08 bits per heavy atom. The van der Waals surface area contributed by atoms with Crippen molar-refractivity contribution < 1.29 is 15.4 Å². The van der Waals surface area contributed by atoms with Gasteiger partial charge in [0.25, 0.3) is 0 Å². The van der Waals surface area contributed by atoms with Crippen molar-refractivity contribution in [2.24, 2.45) is 0 Å². The molecule has 0 aliphatic carbocycles. The van der Waals surface area contributed by atoms with E-state index in [1.54, 1.807) is 54.0 Å². The van der Waals surface area contributed by atoms with Gasteiger partial charge in [-0.3, -0.25) is 23.9 Å². The molecule has 1 N–H and O–H groups in total. The van der Waals surface area contributed by atoms with E-state index in [2.05, 4.69) is 38.6 Å². The molecule has 38 heavy (non-hydrogen) atoms. The number of pyridine rings is 2. The maximum atomic E-state index is 11.7. The van der Waals surface area contributed by atoms with E-state index in [1.165, 1.54) is 15.7 Å². The fourth-order valence-corrected chi connectivity index (χ4v) is 3.35. The molecule has 0 aliphatic heterocycles. The van der Waals surface area contributed by atoms with Crippen molar-refractivity contribution in [3.63, 3.8) is 0 Å². The minimum Gasteiger partial charge on any atom is -0.319 e. The summed E-state index contributed by atoms with van der Waals surface area (Å²) >= 11 is 12.0. The van der Waals surface area contributed by atoms with Gasteiger partial charge in [-0.2, -0.15) is 10.2 Å². The molecule has 198 valence electrons. The lowest BCUT2D eigenvalue weighted by Crippen LogP contribution is -2.28. The van der Waals surface area contributed by atoms with Crippen molar-refractivity contribution in [3.8, 4) is 11.4 Å². The second-order valence-electron chi connectivity index (χ2n) is 6.93. The van der Waals surface area contributed by atoms with E-state index in [4.69, 9.17) is 24.6 Å². The molecule has 4 heterocycles. The van der Waals surface area contributed by atoms with Gasteiger partial charge in [-0.05, 0) is 43.3 Å². The summed E-state index contributed by atoms with van der Waals surface area (Å²) < 4.78 is 18.6. The van der Waals surface area contributed by atoms with Crippen molar-refractivity contribution in [2.75, 3.05) is 23.9 Å². The SMILES string of the molecule is C=CC(=O)N(CC)c1cn(-c2cccnc2)nc1Cl.C=CC(=O)Nc1cn(-c2cccnc2)nc1Cl.[2H]CF. The van der Waals surface area contributed by atoms with Crippen LogP contribution in [0.4, 0.5) is 15.8 Å². The number of carbonyl (C=O) groups is 2. The number of likely N-dealkylation sites (N-methyl/N-ethyl adjacent to an activating group) is 1. The number of nitrogens with zero attached hydrogens (tertiary/aromatic N) is 7. The lowest BCUT2D eigenvalue weighted by atomic mass is 10.4. The molecule has 0 bridgehead atoms. The van der Waals surface area contributed by atoms with Gasteiger partial charge in [0.15, 0.2) is 10.3 Å². The Bertz CT molecular complexity index is 1380. The molecule has 0 fully saturated rings. The summed E-state index contributed by atoms with van der Waals surface area (Å²) in [6, 6.07) is 7.27. The highest BCUT2D eigenvalue weighted by atomic mass is 35.5. The second kappa shape index (κ2) is 15.0. The zero-order valence-corrected chi connectivity index (χ0v) is 21.8. The minimum absolute atomic E-state index is 0.212. The number of alkyl halides is 1. The van der Waals surface area contributed by atoms with Crippen LogP contribution in [0.3, 0.4) is 0 Å². The molecule has 0 aliphatic rings. The summed E-state index contributed by atoms with van der Waals surface area (Å²) in [5, 5.41) is 11.3. The zero-order chi connectivity index (χ0) is 28.8. The monoisotopic (exact) mass is 559 g/mol. The standard InChI is InChI=1S/C13H13ClN4O.C11H9ClN4O.CH3F/c1-3-12(19)17(4-2)11-9-18(16-13(11)14)10-6-5-7-15-8-10;1-2-10(17)14-9-7-16(15-11(9)12)8-4-3-5-13-6-8;1-2/h3,5-9H,1,4H2,2H3;2-7H,1H2,(H,14,17);1H3/i;;1D. The summed E-state index contributed by atoms with van der Waals surface area (Å²) in [5.74, 6) is -0.548. The number of aromatic nitrogens is 6. The normalized spacial score (nSPS) is 10.1. The quantitative estimate of drug-likeness (QED) is 0.316. The first-order chi connectivity index (χ1) is 18.8. The highest BCUT2D eigenvalue weighted by molar-refractivity contribution is 6.33. The molecule has 2 amide bonds. The van der Waals surface area contributed by atoms with Crippen LogP contribution in [0.1, 0.15) is 8.29 Å². The highest BCUT2D eigenvalue weighted by Gasteiger charge is 2.18. The van der Waals surface area contributed by atoms with E-state index in [0.29, 0.717) is 17.9 Å². The number of anilines is 2. The molecule has 0 saturated carbocycles. The first-order valence-electron chi connectivity index (χ1n) is 11.5. The molecule has 0 saturated heterocycles. The molecule has 4 aromatic rings. The van der Waals surface area contributed by atoms with Crippen LogP contribution < -0.4 is 10.2 Å². The lowest BCUT2D eigenvalue weighted by Gasteiger charge is -2.16. The average molecular weight is 560 g/mol. The van der Waals surface area contributed by atoms with E-state index in [1.807, 2.05) is 19.1 Å². The predicted octanol–water partition coefficient (Wildman–Crippen LogP) is 5.09. The van der Waals surface area contributed by atoms with E-state index < -0.39 is 7.15 Å². The van der Waals surface area contributed by atoms with Crippen LogP contribution in [0.15, 0.2) is 86.8 Å². The van der Waals surface area contributed by atoms with Crippen LogP contribution in [0.2, 0.25) is 10.3 Å². The van der Waals surface area contributed by atoms with Crippen molar-refractivity contribution >= 4 is 46.4 Å². The molecular formula is C25H25Cl2FN8O2. The molecule has 0 aromatic carbocycles. The van der Waals surface area contributed by atoms with Crippen molar-refractivity contribution in [2.45, 2.75) is 6.92 Å². The number of carbonyl (C=O) groups excluding carboxylic acids is 2. The topological polar surface area (TPSA) is 111 Å². The van der Waals surface area contributed by atoms with Crippen LogP contribution >= 0.6 is 23.2 Å². The predicted molar refractivity (Wildman–Crippen MR) is 147 cm³/mol. The van der Waals surface area contributed by atoms with E-state index >= 15 is 0 Å². The Kier molecular flexibility index (Phi) is 11.2. The Labute approximate surface area is 230 Å². The number of hydrogen-bond acceptors (Lipinski definition) is 6. The third kappa shape index (κ3) is 7.82. The number of amides is 2. The third-order valence-corrected chi connectivity index (χ3v) is 5.18. The fraction of sp³-hybridized carbons (Fsp3) is 0.120. The number of nitrogens with one attached hydrogen (secondary N) is 1. The van der Waals surface area contributed by atoms with E-state index in [0.717, 1.165) is 17.5 Å². The molecule has 0 atom stereocenters. The summed E-state index contributed by atoms with van der Waals surface area (Å²) in [6.45, 7) is 9.19. The summed E-state index contributed by atoms with van der Waals surface area (Å²) in [7, 11) is -1.00. The molecule has 0 spiro atoms. The Morgan fingerprint density at radius 2 is 1.61 bits per heavy atom. The van der Waals surface area contributed by atoms with Gasteiger partial charge >= 0.3 is 0 Å². The maximum Gasteiger partial charge on any atom is 0.250 e. The Hall–Kier alpha value is -4.35. The van der Waals surface area contributed by atoms with Crippen molar-refractivity contribution in [3.05, 3.63) is 97.1 Å². The van der Waals surface area contributed by atoms with E-state index in [-0.39, 0.29) is 22.1 Å². The first kappa shape index (κ1) is 28.2. The van der Waals surface area contributed by atoms with Gasteiger partial charge in [0.05, 0.1) is 50.4 Å². The molecule has 10 nitrogen and oxygen atoms in total. The fourth-order valence-electron chi connectivity index (χ4n) is 2.94. The van der Waals surface area contributed by atoms with Crippen LogP contribution in [0.25, 0.3) is 11.4 Å². The number of rotatable bonds is 7. The lowest BCUT2D eigenvalue weighted by molar-refractivity contribution is -0.114. The smallest absolute Gasteiger partial charge is 0.250 e. The molecule has 0 unspecified atom stereocenters. The number of hydrogen-bond donors (Lipinski definition) is 1. The third-order valence-electron chi connectivity index (χ3n) is 4.63. The first-order valence-corrected chi connectivity index (χ1v) is 11.6. The largest absolute Gasteiger partial charge is 0.319 e. The average Bonchev–Trinajstić information content (AvgIpc) is 3.52. The second-order valence-corrected chi connectivity index (χ2v) is 7.65. The highest BCUT2D eigenvalue weighted by Crippen LogP contribution is 2.26. The van der Waals surface area contributed by atoms with Gasteiger partial charge in [0, 0.05) is 18.9 Å². The molecule has 0 radical (unpaired) electrons. The molecule has 13 heteroatoms. The Balaban J connectivity index is 0.000000250. The van der Waals surface area contributed by atoms with Crippen LogP contribution in [-0.2, 0) is 9.59 Å². The zero-order valence-electron chi connectivity index (χ0n) is 21.3. The van der Waals surface area contributed by atoms with E-state index in [9.17, 15) is 14.0 Å². The van der Waals surface area contributed by atoms with Gasteiger partial charge in [0.2, 0.25) is 11.8 Å². The van der Waals surface area contributed by atoms with Gasteiger partial charge in [-0.25, -0.2) is 9.36 Å². The number of halogens is 3. The summed E-state index contributed by atoms with van der Waals surface area (Å²) in [5.41, 5.74) is 2.52. The van der Waals surface area contributed by atoms with Gasteiger partial charge in [0.1, 0.15) is 5.69 Å². The molecular weight excluding hydrogens is 534 g/mol. The maximum absolute atomic E-state index is 11.7. The van der Waals surface area contributed by atoms with Crippen LogP contribution in [0, 0.1) is 0 Å². The van der Waals surface area contributed by atoms with Crippen LogP contribution in [-0.4, -0.2) is 55.0 Å². The summed E-state index contributed by atoms with van der Waals surface area (Å²) in [4.78, 5) is 32.4. The summed E-state index contributed by atoms with van der Waals surface area (Å²) in [6.07, 6.45) is 12.4. The minimum atomic E-state index is -1.00. The molecule has 4 rings (SSSR count). The molecule has 4 aromatic heterocycles. The Morgan fingerprint density at radius 1 is 1.05 bits per heavy atom. The van der Waals surface area contributed by atoms with Gasteiger partial charge in [-0.1, -0.05) is 36.4 Å². The van der Waals surface area contributed by atoms with Gasteiger partial charge in [-0.15, -0.1) is 0 Å². The van der Waals surface area contributed by atoms with Crippen LogP contribution in [0.5, 0.6) is 0 Å². The van der Waals surface area contributed by atoms with Gasteiger partial charge < -0.3 is 10.2 Å².